The van der Waals surface area contributed by atoms with Gasteiger partial charge in [-0.05, 0) is 18.2 Å². The molecule has 0 atom stereocenters. The van der Waals surface area contributed by atoms with Gasteiger partial charge in [0.25, 0.3) is 5.69 Å². The van der Waals surface area contributed by atoms with Crippen molar-refractivity contribution in [2.75, 3.05) is 5.43 Å². The Morgan fingerprint density at radius 2 is 2.12 bits per heavy atom. The van der Waals surface area contributed by atoms with Crippen LogP contribution in [0.5, 0.6) is 0 Å². The van der Waals surface area contributed by atoms with Crippen molar-refractivity contribution in [3.8, 4) is 0 Å². The first-order chi connectivity index (χ1) is 8.27. The molecule has 2 N–H and O–H groups in total. The van der Waals surface area contributed by atoms with Gasteiger partial charge < -0.3 is 4.98 Å². The maximum absolute atomic E-state index is 10.7. The molecule has 0 aliphatic carbocycles. The second-order valence-corrected chi connectivity index (χ2v) is 3.27. The van der Waals surface area contributed by atoms with E-state index in [1.165, 1.54) is 6.07 Å². The molecule has 0 amide bonds. The van der Waals surface area contributed by atoms with E-state index in [9.17, 15) is 10.1 Å². The van der Waals surface area contributed by atoms with Crippen molar-refractivity contribution in [1.82, 2.24) is 4.98 Å². The number of aromatic nitrogens is 1. The normalized spacial score (nSPS) is 10.6. The molecule has 0 radical (unpaired) electrons. The lowest BCUT2D eigenvalue weighted by molar-refractivity contribution is -0.384. The number of benzene rings is 1. The zero-order valence-corrected chi connectivity index (χ0v) is 8.83. The number of rotatable bonds is 4. The molecule has 0 aliphatic heterocycles. The number of aromatic amines is 1. The number of hydrogen-bond acceptors (Lipinski definition) is 4. The molecule has 0 fully saturated rings. The monoisotopic (exact) mass is 230 g/mol. The molecular weight excluding hydrogens is 220 g/mol. The van der Waals surface area contributed by atoms with Crippen molar-refractivity contribution in [3.63, 3.8) is 0 Å². The molecule has 6 nitrogen and oxygen atoms in total. The topological polar surface area (TPSA) is 83.3 Å². The Hall–Kier alpha value is -2.63. The molecule has 1 heterocycles. The van der Waals surface area contributed by atoms with Crippen LogP contribution in [0.3, 0.4) is 0 Å². The maximum atomic E-state index is 10.7. The molecule has 86 valence electrons. The zero-order valence-electron chi connectivity index (χ0n) is 8.83. The molecule has 1 aromatic carbocycles. The molecule has 17 heavy (non-hydrogen) atoms. The van der Waals surface area contributed by atoms with Gasteiger partial charge >= 0.3 is 0 Å². The largest absolute Gasteiger partial charge is 0.360 e. The summed E-state index contributed by atoms with van der Waals surface area (Å²) < 4.78 is 0. The average Bonchev–Trinajstić information content (AvgIpc) is 2.82. The zero-order chi connectivity index (χ0) is 12.1. The van der Waals surface area contributed by atoms with Gasteiger partial charge in [0.05, 0.1) is 16.8 Å². The van der Waals surface area contributed by atoms with Crippen LogP contribution < -0.4 is 5.43 Å². The number of anilines is 1. The van der Waals surface area contributed by atoms with Gasteiger partial charge in [-0.3, -0.25) is 15.5 Å². The van der Waals surface area contributed by atoms with Gasteiger partial charge in [-0.15, -0.1) is 0 Å². The van der Waals surface area contributed by atoms with Crippen LogP contribution in [0.1, 0.15) is 5.69 Å². The Labute approximate surface area is 97.1 Å². The summed E-state index contributed by atoms with van der Waals surface area (Å²) in [5.74, 6) is 0. The number of hydrazone groups is 1. The van der Waals surface area contributed by atoms with E-state index in [2.05, 4.69) is 15.5 Å². The predicted molar refractivity (Wildman–Crippen MR) is 65.1 cm³/mol. The highest BCUT2D eigenvalue weighted by molar-refractivity contribution is 5.78. The van der Waals surface area contributed by atoms with Crippen molar-refractivity contribution in [3.05, 3.63) is 58.4 Å². The SMILES string of the molecule is O=[N+]([O-])c1ccccc1N/N=C\c1ccc[nH]1. The third kappa shape index (κ3) is 2.69. The molecular formula is C11H10N4O2. The van der Waals surface area contributed by atoms with Gasteiger partial charge in [0.2, 0.25) is 0 Å². The van der Waals surface area contributed by atoms with Gasteiger partial charge in [0, 0.05) is 12.3 Å². The van der Waals surface area contributed by atoms with Gasteiger partial charge in [-0.25, -0.2) is 0 Å². The van der Waals surface area contributed by atoms with Crippen LogP contribution >= 0.6 is 0 Å². The van der Waals surface area contributed by atoms with Crippen molar-refractivity contribution >= 4 is 17.6 Å². The quantitative estimate of drug-likeness (QED) is 0.480. The van der Waals surface area contributed by atoms with Crippen molar-refractivity contribution in [2.24, 2.45) is 5.10 Å². The average molecular weight is 230 g/mol. The number of nitro groups is 1. The summed E-state index contributed by atoms with van der Waals surface area (Å²) in [4.78, 5) is 13.2. The van der Waals surface area contributed by atoms with Crippen LogP contribution in [0.15, 0.2) is 47.7 Å². The highest BCUT2D eigenvalue weighted by atomic mass is 16.6. The summed E-state index contributed by atoms with van der Waals surface area (Å²) in [7, 11) is 0. The second-order valence-electron chi connectivity index (χ2n) is 3.27. The van der Waals surface area contributed by atoms with Gasteiger partial charge in [-0.1, -0.05) is 12.1 Å². The van der Waals surface area contributed by atoms with Crippen molar-refractivity contribution < 1.29 is 4.92 Å². The molecule has 0 spiro atoms. The van der Waals surface area contributed by atoms with E-state index in [0.717, 1.165) is 5.69 Å². The van der Waals surface area contributed by atoms with E-state index in [1.807, 2.05) is 12.1 Å². The lowest BCUT2D eigenvalue weighted by Crippen LogP contribution is -1.96. The van der Waals surface area contributed by atoms with Crippen molar-refractivity contribution in [1.29, 1.82) is 0 Å². The molecule has 0 saturated carbocycles. The van der Waals surface area contributed by atoms with Crippen LogP contribution in [0.25, 0.3) is 0 Å². The van der Waals surface area contributed by atoms with E-state index >= 15 is 0 Å². The lowest BCUT2D eigenvalue weighted by atomic mass is 10.3. The Kier molecular flexibility index (Phi) is 3.15. The van der Waals surface area contributed by atoms with Crippen LogP contribution in [0, 0.1) is 10.1 Å². The number of nitrogens with one attached hydrogen (secondary N) is 2. The van der Waals surface area contributed by atoms with E-state index in [-0.39, 0.29) is 5.69 Å². The fourth-order valence-electron chi connectivity index (χ4n) is 1.32. The summed E-state index contributed by atoms with van der Waals surface area (Å²) in [5, 5.41) is 14.6. The van der Waals surface area contributed by atoms with Gasteiger partial charge in [-0.2, -0.15) is 5.10 Å². The minimum atomic E-state index is -0.452. The Bertz CT molecular complexity index is 534. The van der Waals surface area contributed by atoms with Crippen molar-refractivity contribution in [2.45, 2.75) is 0 Å². The Morgan fingerprint density at radius 3 is 2.82 bits per heavy atom. The summed E-state index contributed by atoms with van der Waals surface area (Å²) in [5.41, 5.74) is 3.81. The molecule has 2 rings (SSSR count). The molecule has 1 aromatic heterocycles. The fraction of sp³-hybridized carbons (Fsp3) is 0. The minimum Gasteiger partial charge on any atom is -0.360 e. The molecule has 0 saturated heterocycles. The van der Waals surface area contributed by atoms with Crippen LogP contribution in [0.2, 0.25) is 0 Å². The highest BCUT2D eigenvalue weighted by Gasteiger charge is 2.10. The number of nitro benzene ring substituents is 1. The standard InChI is InChI=1S/C11H10N4O2/c16-15(17)11-6-2-1-5-10(11)14-13-8-9-4-3-7-12-9/h1-8,12,14H/b13-8-. The van der Waals surface area contributed by atoms with E-state index in [1.54, 1.807) is 30.6 Å². The summed E-state index contributed by atoms with van der Waals surface area (Å²) in [6.07, 6.45) is 3.32. The lowest BCUT2D eigenvalue weighted by Gasteiger charge is -2.00. The fourth-order valence-corrected chi connectivity index (χ4v) is 1.32. The number of para-hydroxylation sites is 2. The second kappa shape index (κ2) is 4.93. The minimum absolute atomic E-state index is 0.00358. The maximum Gasteiger partial charge on any atom is 0.294 e. The van der Waals surface area contributed by atoms with Gasteiger partial charge in [0.15, 0.2) is 0 Å². The molecule has 0 bridgehead atoms. The third-order valence-electron chi connectivity index (χ3n) is 2.11. The van der Waals surface area contributed by atoms with Crippen LogP contribution in [-0.2, 0) is 0 Å². The highest BCUT2D eigenvalue weighted by Crippen LogP contribution is 2.22. The molecule has 2 aromatic rings. The summed E-state index contributed by atoms with van der Waals surface area (Å²) in [6, 6.07) is 10.0. The first-order valence-electron chi connectivity index (χ1n) is 4.93. The van der Waals surface area contributed by atoms with Gasteiger partial charge in [0.1, 0.15) is 5.69 Å². The number of nitrogens with zero attached hydrogens (tertiary/aromatic N) is 2. The van der Waals surface area contributed by atoms with E-state index in [0.29, 0.717) is 5.69 Å². The van der Waals surface area contributed by atoms with Crippen LogP contribution in [-0.4, -0.2) is 16.1 Å². The Balaban J connectivity index is 2.11. The first kappa shape index (κ1) is 10.9. The third-order valence-corrected chi connectivity index (χ3v) is 2.11. The molecule has 6 heteroatoms. The van der Waals surface area contributed by atoms with E-state index < -0.39 is 4.92 Å². The number of H-pyrrole nitrogens is 1. The molecule has 0 unspecified atom stereocenters. The predicted octanol–water partition coefficient (Wildman–Crippen LogP) is 2.37. The van der Waals surface area contributed by atoms with E-state index in [4.69, 9.17) is 0 Å². The summed E-state index contributed by atoms with van der Waals surface area (Å²) >= 11 is 0. The Morgan fingerprint density at radius 1 is 1.29 bits per heavy atom. The summed E-state index contributed by atoms with van der Waals surface area (Å²) in [6.45, 7) is 0. The first-order valence-corrected chi connectivity index (χ1v) is 4.93. The molecule has 0 aliphatic rings. The smallest absolute Gasteiger partial charge is 0.294 e. The van der Waals surface area contributed by atoms with Crippen LogP contribution in [0.4, 0.5) is 11.4 Å². The number of hydrogen-bond donors (Lipinski definition) is 2.